The molecule has 4 heteroatoms. The van der Waals surface area contributed by atoms with Crippen LogP contribution in [0.5, 0.6) is 5.75 Å². The molecule has 0 saturated heterocycles. The van der Waals surface area contributed by atoms with E-state index in [-0.39, 0.29) is 5.24 Å². The molecular weight excluding hydrogens is 222 g/mol. The van der Waals surface area contributed by atoms with Crippen LogP contribution in [-0.4, -0.2) is 24.3 Å². The Morgan fingerprint density at radius 3 is 2.44 bits per heavy atom. The third-order valence-electron chi connectivity index (χ3n) is 2.63. The Hall–Kier alpha value is -1.16. The maximum atomic E-state index is 11.0. The topological polar surface area (TPSA) is 29.5 Å². The van der Waals surface area contributed by atoms with Crippen molar-refractivity contribution in [1.82, 2.24) is 4.90 Å². The zero-order chi connectivity index (χ0) is 12.3. The molecule has 0 atom stereocenters. The number of benzene rings is 1. The van der Waals surface area contributed by atoms with Crippen LogP contribution in [-0.2, 0) is 6.54 Å². The smallest absolute Gasteiger partial charge is 0.278 e. The van der Waals surface area contributed by atoms with Crippen molar-refractivity contribution in [3.8, 4) is 5.75 Å². The largest absolute Gasteiger partial charge is 0.496 e. The SMILES string of the molecule is COc1cc(C)c(C)cc1CN(C)C(=O)S. The second-order valence-corrected chi connectivity index (χ2v) is 4.27. The van der Waals surface area contributed by atoms with Crippen LogP contribution in [0.4, 0.5) is 4.79 Å². The van der Waals surface area contributed by atoms with Gasteiger partial charge in [0.15, 0.2) is 0 Å². The molecule has 1 aromatic rings. The van der Waals surface area contributed by atoms with Crippen LogP contribution < -0.4 is 4.74 Å². The monoisotopic (exact) mass is 239 g/mol. The highest BCUT2D eigenvalue weighted by molar-refractivity contribution is 7.96. The average Bonchev–Trinajstić information content (AvgIpc) is 2.22. The van der Waals surface area contributed by atoms with Gasteiger partial charge < -0.3 is 9.64 Å². The van der Waals surface area contributed by atoms with Gasteiger partial charge in [0.2, 0.25) is 0 Å². The fraction of sp³-hybridized carbons (Fsp3) is 0.417. The number of ether oxygens (including phenoxy) is 1. The highest BCUT2D eigenvalue weighted by Crippen LogP contribution is 2.24. The van der Waals surface area contributed by atoms with Crippen molar-refractivity contribution in [3.63, 3.8) is 0 Å². The Kier molecular flexibility index (Phi) is 4.24. The summed E-state index contributed by atoms with van der Waals surface area (Å²) in [5.41, 5.74) is 3.37. The third kappa shape index (κ3) is 2.92. The van der Waals surface area contributed by atoms with E-state index in [1.807, 2.05) is 26.0 Å². The van der Waals surface area contributed by atoms with Crippen LogP contribution in [0.2, 0.25) is 0 Å². The lowest BCUT2D eigenvalue weighted by Crippen LogP contribution is -2.20. The van der Waals surface area contributed by atoms with Gasteiger partial charge in [-0.1, -0.05) is 18.7 Å². The number of amides is 1. The first kappa shape index (κ1) is 12.9. The predicted octanol–water partition coefficient (Wildman–Crippen LogP) is 2.79. The van der Waals surface area contributed by atoms with Crippen molar-refractivity contribution in [2.75, 3.05) is 14.2 Å². The Balaban J connectivity index is 3.03. The first-order chi connectivity index (χ1) is 7.45. The lowest BCUT2D eigenvalue weighted by Gasteiger charge is -2.17. The first-order valence-electron chi connectivity index (χ1n) is 5.04. The molecule has 0 aromatic heterocycles. The number of nitrogens with zero attached hydrogens (tertiary/aromatic N) is 1. The van der Waals surface area contributed by atoms with Crippen LogP contribution in [0.1, 0.15) is 16.7 Å². The molecular formula is C12H17NO2S. The molecule has 0 radical (unpaired) electrons. The number of thiol groups is 1. The second-order valence-electron chi connectivity index (χ2n) is 3.89. The molecule has 88 valence electrons. The van der Waals surface area contributed by atoms with Gasteiger partial charge in [-0.2, -0.15) is 0 Å². The molecule has 0 aliphatic rings. The minimum atomic E-state index is -0.250. The molecule has 16 heavy (non-hydrogen) atoms. The number of rotatable bonds is 3. The maximum Gasteiger partial charge on any atom is 0.278 e. The van der Waals surface area contributed by atoms with Crippen molar-refractivity contribution >= 4 is 17.9 Å². The van der Waals surface area contributed by atoms with Gasteiger partial charge in [0.05, 0.1) is 7.11 Å². The van der Waals surface area contributed by atoms with E-state index in [9.17, 15) is 4.79 Å². The van der Waals surface area contributed by atoms with E-state index in [2.05, 4.69) is 12.6 Å². The van der Waals surface area contributed by atoms with Crippen LogP contribution in [0.25, 0.3) is 0 Å². The van der Waals surface area contributed by atoms with Crippen LogP contribution >= 0.6 is 12.6 Å². The number of hydrogen-bond acceptors (Lipinski definition) is 2. The Bertz CT molecular complexity index is 404. The molecule has 1 aromatic carbocycles. The van der Waals surface area contributed by atoms with E-state index < -0.39 is 0 Å². The molecule has 0 bridgehead atoms. The van der Waals surface area contributed by atoms with Crippen molar-refractivity contribution in [3.05, 3.63) is 28.8 Å². The number of aryl methyl sites for hydroxylation is 2. The molecule has 0 aliphatic heterocycles. The quantitative estimate of drug-likeness (QED) is 0.822. The average molecular weight is 239 g/mol. The zero-order valence-electron chi connectivity index (χ0n) is 10.1. The summed E-state index contributed by atoms with van der Waals surface area (Å²) >= 11 is 3.78. The minimum absolute atomic E-state index is 0.250. The summed E-state index contributed by atoms with van der Waals surface area (Å²) in [7, 11) is 3.35. The van der Waals surface area contributed by atoms with Crippen LogP contribution in [0, 0.1) is 13.8 Å². The van der Waals surface area contributed by atoms with Gasteiger partial charge in [-0.25, -0.2) is 0 Å². The summed E-state index contributed by atoms with van der Waals surface area (Å²) in [6.45, 7) is 4.59. The van der Waals surface area contributed by atoms with E-state index in [0.717, 1.165) is 11.3 Å². The van der Waals surface area contributed by atoms with Gasteiger partial charge in [0, 0.05) is 19.2 Å². The van der Waals surface area contributed by atoms with Gasteiger partial charge in [0.25, 0.3) is 5.24 Å². The lowest BCUT2D eigenvalue weighted by molar-refractivity contribution is 0.231. The van der Waals surface area contributed by atoms with Crippen LogP contribution in [0.3, 0.4) is 0 Å². The molecule has 0 N–H and O–H groups in total. The summed E-state index contributed by atoms with van der Waals surface area (Å²) < 4.78 is 5.30. The minimum Gasteiger partial charge on any atom is -0.496 e. The molecule has 1 rings (SSSR count). The molecule has 0 aliphatic carbocycles. The Labute approximate surface area is 102 Å². The van der Waals surface area contributed by atoms with Crippen LogP contribution in [0.15, 0.2) is 12.1 Å². The van der Waals surface area contributed by atoms with Crippen molar-refractivity contribution < 1.29 is 9.53 Å². The summed E-state index contributed by atoms with van der Waals surface area (Å²) in [6, 6.07) is 4.03. The number of carbonyl (C=O) groups is 1. The maximum absolute atomic E-state index is 11.0. The molecule has 0 heterocycles. The van der Waals surface area contributed by atoms with Gasteiger partial charge in [-0.3, -0.25) is 4.79 Å². The highest BCUT2D eigenvalue weighted by atomic mass is 32.1. The van der Waals surface area contributed by atoms with Crippen molar-refractivity contribution in [1.29, 1.82) is 0 Å². The molecule has 0 fully saturated rings. The first-order valence-corrected chi connectivity index (χ1v) is 5.48. The fourth-order valence-electron chi connectivity index (χ4n) is 1.49. The van der Waals surface area contributed by atoms with Gasteiger partial charge in [0.1, 0.15) is 5.75 Å². The molecule has 0 saturated carbocycles. The van der Waals surface area contributed by atoms with Gasteiger partial charge in [-0.15, -0.1) is 0 Å². The van der Waals surface area contributed by atoms with Crippen molar-refractivity contribution in [2.24, 2.45) is 0 Å². The summed E-state index contributed by atoms with van der Waals surface area (Å²) in [4.78, 5) is 12.6. The highest BCUT2D eigenvalue weighted by Gasteiger charge is 2.10. The Morgan fingerprint density at radius 2 is 1.94 bits per heavy atom. The normalized spacial score (nSPS) is 10.1. The summed E-state index contributed by atoms with van der Waals surface area (Å²) in [6.07, 6.45) is 0. The predicted molar refractivity (Wildman–Crippen MR) is 68.3 cm³/mol. The third-order valence-corrected chi connectivity index (χ3v) is 2.97. The molecule has 3 nitrogen and oxygen atoms in total. The number of hydrogen-bond donors (Lipinski definition) is 1. The van der Waals surface area contributed by atoms with E-state index >= 15 is 0 Å². The molecule has 0 spiro atoms. The van der Waals surface area contributed by atoms with Crippen molar-refractivity contribution in [2.45, 2.75) is 20.4 Å². The number of methoxy groups -OCH3 is 1. The van der Waals surface area contributed by atoms with E-state index in [1.165, 1.54) is 16.0 Å². The fourth-order valence-corrected chi connectivity index (χ4v) is 1.56. The lowest BCUT2D eigenvalue weighted by atomic mass is 10.0. The van der Waals surface area contributed by atoms with E-state index in [1.54, 1.807) is 14.2 Å². The second kappa shape index (κ2) is 5.25. The molecule has 1 amide bonds. The standard InChI is InChI=1S/C12H17NO2S/c1-8-5-10(7-13(3)12(14)16)11(15-4)6-9(8)2/h5-6H,7H2,1-4H3,(H,14,16). The summed E-state index contributed by atoms with van der Waals surface area (Å²) in [5.74, 6) is 0.810. The van der Waals surface area contributed by atoms with Gasteiger partial charge in [-0.05, 0) is 31.0 Å². The van der Waals surface area contributed by atoms with E-state index in [0.29, 0.717) is 6.54 Å². The molecule has 0 unspecified atom stereocenters. The number of carbonyl (C=O) groups excluding carboxylic acids is 1. The Morgan fingerprint density at radius 1 is 1.38 bits per heavy atom. The van der Waals surface area contributed by atoms with E-state index in [4.69, 9.17) is 4.74 Å². The van der Waals surface area contributed by atoms with Gasteiger partial charge >= 0.3 is 0 Å². The summed E-state index contributed by atoms with van der Waals surface area (Å²) in [5, 5.41) is -0.250. The zero-order valence-corrected chi connectivity index (χ0v) is 11.0.